The molecule has 0 saturated carbocycles. The molecule has 2 aliphatic rings. The lowest BCUT2D eigenvalue weighted by molar-refractivity contribution is 0.0728. The van der Waals surface area contributed by atoms with Crippen LogP contribution in [0, 0.1) is 25.3 Å². The highest BCUT2D eigenvalue weighted by molar-refractivity contribution is 7.80. The maximum Gasteiger partial charge on any atom is 0.409 e. The molecule has 39 heavy (non-hydrogen) atoms. The summed E-state index contributed by atoms with van der Waals surface area (Å²) >= 11 is 4.83. The molecule has 1 amide bonds. The summed E-state index contributed by atoms with van der Waals surface area (Å²) in [7, 11) is -1.47. The van der Waals surface area contributed by atoms with E-state index in [2.05, 4.69) is 104 Å². The molecule has 4 nitrogen and oxygen atoms in total. The number of nitrogens with zero attached hydrogens (tertiary/aromatic N) is 2. The van der Waals surface area contributed by atoms with Gasteiger partial charge in [0.15, 0.2) is 0 Å². The largest absolute Gasteiger partial charge is 0.448 e. The molecule has 6 heteroatoms. The Bertz CT molecular complexity index is 1410. The topological polar surface area (TPSA) is 32.8 Å². The van der Waals surface area contributed by atoms with E-state index in [-0.39, 0.29) is 12.0 Å². The third-order valence-electron chi connectivity index (χ3n) is 7.85. The normalized spacial score (nSPS) is 15.4. The van der Waals surface area contributed by atoms with Gasteiger partial charge in [0.2, 0.25) is 0 Å². The van der Waals surface area contributed by atoms with Gasteiger partial charge in [0.1, 0.15) is 14.7 Å². The van der Waals surface area contributed by atoms with E-state index < -0.39 is 8.07 Å². The van der Waals surface area contributed by atoms with E-state index in [0.717, 1.165) is 35.7 Å². The fraction of sp³-hybridized carbons (Fsp3) is 0.364. The summed E-state index contributed by atoms with van der Waals surface area (Å²) in [6, 6.07) is 19.1. The molecular formula is C33H38N2O2SSi. The lowest BCUT2D eigenvalue weighted by atomic mass is 9.98. The lowest BCUT2D eigenvalue weighted by Gasteiger charge is -2.34. The Kier molecular flexibility index (Phi) is 7.95. The average Bonchev–Trinajstić information content (AvgIpc) is 3.25. The minimum atomic E-state index is -1.47. The number of carbonyl (C=O) groups excluding carboxylic acids is 1. The van der Waals surface area contributed by atoms with Crippen LogP contribution in [-0.2, 0) is 11.3 Å². The Morgan fingerprint density at radius 1 is 0.949 bits per heavy atom. The number of fused-ring (bicyclic) bond motifs is 3. The van der Waals surface area contributed by atoms with Crippen molar-refractivity contribution in [2.75, 3.05) is 32.8 Å². The second-order valence-corrected chi connectivity index (χ2v) is 16.9. The van der Waals surface area contributed by atoms with E-state index in [1.807, 2.05) is 4.90 Å². The first-order chi connectivity index (χ1) is 18.6. The maximum absolute atomic E-state index is 13.0. The van der Waals surface area contributed by atoms with E-state index in [1.54, 1.807) is 0 Å². The molecule has 0 spiro atoms. The molecule has 202 valence electrons. The van der Waals surface area contributed by atoms with Crippen LogP contribution in [0.3, 0.4) is 0 Å². The van der Waals surface area contributed by atoms with Gasteiger partial charge >= 0.3 is 6.09 Å². The molecule has 1 heterocycles. The Morgan fingerprint density at radius 3 is 2.13 bits per heavy atom. The van der Waals surface area contributed by atoms with Crippen LogP contribution in [-0.4, -0.2) is 56.8 Å². The van der Waals surface area contributed by atoms with Gasteiger partial charge < -0.3 is 9.64 Å². The highest BCUT2D eigenvalue weighted by Gasteiger charge is 2.30. The fourth-order valence-electron chi connectivity index (χ4n) is 5.52. The van der Waals surface area contributed by atoms with E-state index in [9.17, 15) is 4.79 Å². The predicted octanol–water partition coefficient (Wildman–Crippen LogP) is 6.89. The molecule has 1 saturated heterocycles. The van der Waals surface area contributed by atoms with Gasteiger partial charge in [-0.3, -0.25) is 4.90 Å². The van der Waals surface area contributed by atoms with Crippen molar-refractivity contribution in [3.05, 3.63) is 88.0 Å². The van der Waals surface area contributed by atoms with Crippen LogP contribution in [0.25, 0.3) is 11.1 Å². The van der Waals surface area contributed by atoms with E-state index in [1.165, 1.54) is 33.4 Å². The first kappa shape index (κ1) is 27.6. The monoisotopic (exact) mass is 554 g/mol. The number of hydrogen-bond acceptors (Lipinski definition) is 4. The van der Waals surface area contributed by atoms with Gasteiger partial charge in [-0.15, -0.1) is 18.2 Å². The van der Waals surface area contributed by atoms with E-state index >= 15 is 0 Å². The standard InChI is InChI=1S/C33H38N2O2SSi/c1-23-25(14-19-39(3,4)5)20-26(24(2)32(23)38)21-34-15-17-35(18-16-34)33(36)37-22-31-29-12-8-6-10-27(29)28-11-7-9-13-30(28)31/h6-13,20,31,38H,15-18,21-22H2,1-5H3. The van der Waals surface area contributed by atoms with Crippen LogP contribution in [0.15, 0.2) is 59.5 Å². The molecule has 0 bridgehead atoms. The van der Waals surface area contributed by atoms with Gasteiger partial charge in [0, 0.05) is 49.1 Å². The molecule has 1 aliphatic heterocycles. The average molecular weight is 555 g/mol. The van der Waals surface area contributed by atoms with Gasteiger partial charge in [-0.25, -0.2) is 4.79 Å². The molecule has 1 aliphatic carbocycles. The predicted molar refractivity (Wildman–Crippen MR) is 165 cm³/mol. The number of piperazine rings is 1. The van der Waals surface area contributed by atoms with Crippen molar-refractivity contribution in [3.63, 3.8) is 0 Å². The van der Waals surface area contributed by atoms with Gasteiger partial charge in [0.25, 0.3) is 0 Å². The van der Waals surface area contributed by atoms with Crippen molar-refractivity contribution in [1.29, 1.82) is 0 Å². The molecule has 5 rings (SSSR count). The van der Waals surface area contributed by atoms with Crippen LogP contribution in [0.1, 0.15) is 39.3 Å². The summed E-state index contributed by atoms with van der Waals surface area (Å²) < 4.78 is 5.90. The number of benzene rings is 3. The highest BCUT2D eigenvalue weighted by atomic mass is 32.1. The number of ether oxygens (including phenoxy) is 1. The molecule has 3 aromatic carbocycles. The summed E-state index contributed by atoms with van der Waals surface area (Å²) in [5, 5.41) is 0. The van der Waals surface area contributed by atoms with Crippen molar-refractivity contribution in [1.82, 2.24) is 9.80 Å². The van der Waals surface area contributed by atoms with Crippen LogP contribution in [0.5, 0.6) is 0 Å². The highest BCUT2D eigenvalue weighted by Crippen LogP contribution is 2.44. The van der Waals surface area contributed by atoms with Crippen LogP contribution >= 0.6 is 12.6 Å². The quantitative estimate of drug-likeness (QED) is 0.217. The molecule has 0 N–H and O–H groups in total. The van der Waals surface area contributed by atoms with Gasteiger partial charge in [-0.1, -0.05) is 74.1 Å². The minimum absolute atomic E-state index is 0.0841. The summed E-state index contributed by atoms with van der Waals surface area (Å²) in [4.78, 5) is 18.3. The Morgan fingerprint density at radius 2 is 1.54 bits per heavy atom. The van der Waals surface area contributed by atoms with Crippen LogP contribution < -0.4 is 0 Å². The second-order valence-electron chi connectivity index (χ2n) is 11.7. The molecular weight excluding hydrogens is 517 g/mol. The van der Waals surface area contributed by atoms with Crippen LogP contribution in [0.2, 0.25) is 19.6 Å². The lowest BCUT2D eigenvalue weighted by Crippen LogP contribution is -2.48. The molecule has 0 unspecified atom stereocenters. The number of carbonyl (C=O) groups is 1. The summed E-state index contributed by atoms with van der Waals surface area (Å²) in [6.07, 6.45) is -0.218. The third kappa shape index (κ3) is 5.96. The van der Waals surface area contributed by atoms with Gasteiger partial charge in [-0.05, 0) is 58.9 Å². The molecule has 1 fully saturated rings. The number of amides is 1. The number of hydrogen-bond donors (Lipinski definition) is 1. The zero-order chi connectivity index (χ0) is 27.7. The van der Waals surface area contributed by atoms with E-state index in [0.29, 0.717) is 19.7 Å². The first-order valence-corrected chi connectivity index (χ1v) is 17.7. The van der Waals surface area contributed by atoms with Crippen molar-refractivity contribution < 1.29 is 9.53 Å². The van der Waals surface area contributed by atoms with Crippen molar-refractivity contribution in [2.45, 2.75) is 50.8 Å². The summed E-state index contributed by atoms with van der Waals surface area (Å²) in [6.45, 7) is 15.2. The van der Waals surface area contributed by atoms with Gasteiger partial charge in [-0.2, -0.15) is 0 Å². The first-order valence-electron chi connectivity index (χ1n) is 13.8. The molecule has 0 radical (unpaired) electrons. The number of rotatable bonds is 4. The van der Waals surface area contributed by atoms with Crippen LogP contribution in [0.4, 0.5) is 4.79 Å². The third-order valence-corrected chi connectivity index (χ3v) is 9.39. The Hall–Kier alpha value is -2.98. The second kappa shape index (κ2) is 11.2. The molecule has 3 aromatic rings. The maximum atomic E-state index is 13.0. The number of thiol groups is 1. The smallest absolute Gasteiger partial charge is 0.409 e. The Labute approximate surface area is 239 Å². The zero-order valence-electron chi connectivity index (χ0n) is 23.7. The van der Waals surface area contributed by atoms with Crippen molar-refractivity contribution in [3.8, 4) is 22.6 Å². The fourth-order valence-corrected chi connectivity index (χ4v) is 6.29. The summed E-state index contributed by atoms with van der Waals surface area (Å²) in [5.74, 6) is 3.53. The van der Waals surface area contributed by atoms with Crippen molar-refractivity contribution >= 4 is 26.8 Å². The zero-order valence-corrected chi connectivity index (χ0v) is 25.6. The molecule has 0 aromatic heterocycles. The minimum Gasteiger partial charge on any atom is -0.448 e. The van der Waals surface area contributed by atoms with Crippen molar-refractivity contribution in [2.24, 2.45) is 0 Å². The Balaban J connectivity index is 1.20. The van der Waals surface area contributed by atoms with E-state index in [4.69, 9.17) is 17.4 Å². The van der Waals surface area contributed by atoms with Gasteiger partial charge in [0.05, 0.1) is 0 Å². The SMILES string of the molecule is Cc1c(C#C[Si](C)(C)C)cc(CN2CCN(C(=O)OCC3c4ccccc4-c4ccccc43)CC2)c(C)c1S. The molecule has 0 atom stereocenters. The summed E-state index contributed by atoms with van der Waals surface area (Å²) in [5.41, 5.74) is 13.2.